The predicted octanol–water partition coefficient (Wildman–Crippen LogP) is 5.16. The quantitative estimate of drug-likeness (QED) is 0.453. The maximum atomic E-state index is 13.1. The highest BCUT2D eigenvalue weighted by Gasteiger charge is 2.23. The molecule has 2 heterocycles. The Morgan fingerprint density at radius 2 is 1.70 bits per heavy atom. The van der Waals surface area contributed by atoms with Crippen LogP contribution in [0.2, 0.25) is 5.02 Å². The molecule has 0 spiro atoms. The van der Waals surface area contributed by atoms with Crippen LogP contribution in [-0.4, -0.2) is 16.2 Å². The lowest BCUT2D eigenvalue weighted by Gasteiger charge is -2.26. The number of aromatic nitrogens is 1. The average molecular weight is 435 g/mol. The van der Waals surface area contributed by atoms with Crippen LogP contribution >= 0.6 is 23.4 Å². The number of thioether (sulfide) groups is 1. The molecule has 0 saturated carbocycles. The van der Waals surface area contributed by atoms with E-state index < -0.39 is 0 Å². The molecular weight excluding hydrogens is 416 g/mol. The van der Waals surface area contributed by atoms with E-state index in [1.54, 1.807) is 11.8 Å². The first-order valence-corrected chi connectivity index (χ1v) is 11.2. The van der Waals surface area contributed by atoms with Gasteiger partial charge in [-0.25, -0.2) is 0 Å². The minimum atomic E-state index is -0.0863. The molecule has 30 heavy (non-hydrogen) atoms. The molecule has 4 aromatic rings. The van der Waals surface area contributed by atoms with Crippen molar-refractivity contribution < 1.29 is 4.79 Å². The summed E-state index contributed by atoms with van der Waals surface area (Å²) in [5.41, 5.74) is 2.59. The third kappa shape index (κ3) is 3.38. The summed E-state index contributed by atoms with van der Waals surface area (Å²) in [5.74, 6) is 0.862. The highest BCUT2D eigenvalue weighted by Crippen LogP contribution is 2.37. The van der Waals surface area contributed by atoms with E-state index in [-0.39, 0.29) is 23.9 Å². The number of pyridine rings is 1. The SMILES string of the molecule is O=C(Cn1c2ccccc2c(=O)c2ccccc21)N[C@@H]1CCSc2ccc(Cl)cc21. The molecule has 6 heteroatoms. The standard InChI is InChI=1S/C24H19ClN2O2S/c25-15-9-10-22-18(13-15)19(11-12-30-22)26-23(28)14-27-20-7-3-1-5-16(20)24(29)17-6-2-4-8-21(17)27/h1-10,13,19H,11-12,14H2,(H,26,28)/t19-/m1/s1. The van der Waals surface area contributed by atoms with Gasteiger partial charge in [0.25, 0.3) is 0 Å². The Kier molecular flexibility index (Phi) is 5.01. The van der Waals surface area contributed by atoms with E-state index in [1.807, 2.05) is 71.3 Å². The van der Waals surface area contributed by atoms with Gasteiger partial charge in [0, 0.05) is 26.4 Å². The first-order valence-electron chi connectivity index (χ1n) is 9.84. The molecule has 4 nitrogen and oxygen atoms in total. The van der Waals surface area contributed by atoms with Crippen LogP contribution in [0.25, 0.3) is 21.8 Å². The Labute approximate surface area is 182 Å². The predicted molar refractivity (Wildman–Crippen MR) is 123 cm³/mol. The summed E-state index contributed by atoms with van der Waals surface area (Å²) >= 11 is 7.99. The Hall–Kier alpha value is -2.76. The van der Waals surface area contributed by atoms with Gasteiger partial charge in [-0.3, -0.25) is 9.59 Å². The van der Waals surface area contributed by atoms with Crippen molar-refractivity contribution in [1.82, 2.24) is 9.88 Å². The Balaban J connectivity index is 1.52. The van der Waals surface area contributed by atoms with Crippen molar-refractivity contribution in [2.24, 2.45) is 0 Å². The smallest absolute Gasteiger partial charge is 0.240 e. The molecule has 150 valence electrons. The van der Waals surface area contributed by atoms with Crippen molar-refractivity contribution in [2.45, 2.75) is 23.9 Å². The lowest BCUT2D eigenvalue weighted by Crippen LogP contribution is -2.33. The van der Waals surface area contributed by atoms with Gasteiger partial charge in [-0.1, -0.05) is 35.9 Å². The molecule has 0 fully saturated rings. The second kappa shape index (κ2) is 7.82. The molecule has 1 atom stereocenters. The normalized spacial score (nSPS) is 15.8. The number of benzene rings is 3. The Morgan fingerprint density at radius 1 is 1.03 bits per heavy atom. The summed E-state index contributed by atoms with van der Waals surface area (Å²) < 4.78 is 1.93. The largest absolute Gasteiger partial charge is 0.348 e. The van der Waals surface area contributed by atoms with Gasteiger partial charge in [0.05, 0.1) is 17.1 Å². The number of carbonyl (C=O) groups excluding carboxylic acids is 1. The third-order valence-electron chi connectivity index (χ3n) is 5.53. The number of para-hydroxylation sites is 2. The summed E-state index contributed by atoms with van der Waals surface area (Å²) in [6, 6.07) is 20.7. The fourth-order valence-corrected chi connectivity index (χ4v) is 5.43. The molecule has 1 aliphatic heterocycles. The number of carbonyl (C=O) groups is 1. The molecule has 0 radical (unpaired) electrons. The number of rotatable bonds is 3. The van der Waals surface area contributed by atoms with Crippen molar-refractivity contribution in [3.05, 3.63) is 87.5 Å². The number of fused-ring (bicyclic) bond motifs is 3. The van der Waals surface area contributed by atoms with Crippen molar-refractivity contribution in [1.29, 1.82) is 0 Å². The van der Waals surface area contributed by atoms with Crippen molar-refractivity contribution >= 4 is 51.1 Å². The molecule has 5 rings (SSSR count). The summed E-state index contributed by atoms with van der Waals surface area (Å²) in [4.78, 5) is 27.1. The van der Waals surface area contributed by atoms with Crippen LogP contribution < -0.4 is 10.7 Å². The summed E-state index contributed by atoms with van der Waals surface area (Å²) in [7, 11) is 0. The van der Waals surface area contributed by atoms with Crippen molar-refractivity contribution in [3.63, 3.8) is 0 Å². The van der Waals surface area contributed by atoms with Gasteiger partial charge >= 0.3 is 0 Å². The molecule has 1 aromatic heterocycles. The molecule has 0 unspecified atom stereocenters. The number of nitrogens with zero attached hydrogens (tertiary/aromatic N) is 1. The number of hydrogen-bond acceptors (Lipinski definition) is 3. The second-order valence-corrected chi connectivity index (χ2v) is 8.96. The molecule has 1 aliphatic rings. The van der Waals surface area contributed by atoms with Gasteiger partial charge < -0.3 is 9.88 Å². The van der Waals surface area contributed by atoms with Crippen molar-refractivity contribution in [3.8, 4) is 0 Å². The van der Waals surface area contributed by atoms with E-state index in [0.717, 1.165) is 33.7 Å². The summed E-state index contributed by atoms with van der Waals surface area (Å²) in [6.07, 6.45) is 0.857. The lowest BCUT2D eigenvalue weighted by atomic mass is 10.0. The monoisotopic (exact) mass is 434 g/mol. The molecular formula is C24H19ClN2O2S. The second-order valence-electron chi connectivity index (χ2n) is 7.39. The minimum absolute atomic E-state index is 0.00858. The topological polar surface area (TPSA) is 51.1 Å². The van der Waals surface area contributed by atoms with Gasteiger partial charge in [-0.15, -0.1) is 11.8 Å². The van der Waals surface area contributed by atoms with E-state index in [4.69, 9.17) is 11.6 Å². The zero-order valence-corrected chi connectivity index (χ0v) is 17.7. The highest BCUT2D eigenvalue weighted by molar-refractivity contribution is 7.99. The van der Waals surface area contributed by atoms with Gasteiger partial charge in [-0.2, -0.15) is 0 Å². The van der Waals surface area contributed by atoms with Gasteiger partial charge in [0.1, 0.15) is 6.54 Å². The minimum Gasteiger partial charge on any atom is -0.348 e. The highest BCUT2D eigenvalue weighted by atomic mass is 35.5. The zero-order chi connectivity index (χ0) is 20.7. The molecule has 1 amide bonds. The number of hydrogen-bond donors (Lipinski definition) is 1. The molecule has 1 N–H and O–H groups in total. The first kappa shape index (κ1) is 19.2. The number of nitrogens with one attached hydrogen (secondary N) is 1. The number of amides is 1. The van der Waals surface area contributed by atoms with Crippen LogP contribution in [0.15, 0.2) is 76.4 Å². The molecule has 3 aromatic carbocycles. The fraction of sp³-hybridized carbons (Fsp3) is 0.167. The van der Waals surface area contributed by atoms with Gasteiger partial charge in [0.2, 0.25) is 5.91 Å². The van der Waals surface area contributed by atoms with Crippen LogP contribution in [0.5, 0.6) is 0 Å². The van der Waals surface area contributed by atoms with Crippen molar-refractivity contribution in [2.75, 3.05) is 5.75 Å². The maximum absolute atomic E-state index is 13.1. The average Bonchev–Trinajstić information content (AvgIpc) is 2.77. The molecule has 0 aliphatic carbocycles. The molecule has 0 bridgehead atoms. The third-order valence-corrected chi connectivity index (χ3v) is 6.88. The maximum Gasteiger partial charge on any atom is 0.240 e. The van der Waals surface area contributed by atoms with Crippen LogP contribution in [0.1, 0.15) is 18.0 Å². The molecule has 0 saturated heterocycles. The van der Waals surface area contributed by atoms with E-state index in [9.17, 15) is 9.59 Å². The lowest BCUT2D eigenvalue weighted by molar-refractivity contribution is -0.122. The number of halogens is 1. The van der Waals surface area contributed by atoms with E-state index >= 15 is 0 Å². The van der Waals surface area contributed by atoms with E-state index in [2.05, 4.69) is 5.32 Å². The Bertz CT molecular complexity index is 1290. The van der Waals surface area contributed by atoms with Crippen LogP contribution in [0, 0.1) is 0 Å². The van der Waals surface area contributed by atoms with Crippen LogP contribution in [-0.2, 0) is 11.3 Å². The van der Waals surface area contributed by atoms with E-state index in [0.29, 0.717) is 15.8 Å². The van der Waals surface area contributed by atoms with Crippen LogP contribution in [0.3, 0.4) is 0 Å². The van der Waals surface area contributed by atoms with Crippen LogP contribution in [0.4, 0.5) is 0 Å². The fourth-order valence-electron chi connectivity index (χ4n) is 4.15. The Morgan fingerprint density at radius 3 is 2.40 bits per heavy atom. The van der Waals surface area contributed by atoms with Gasteiger partial charge in [0.15, 0.2) is 5.43 Å². The first-order chi connectivity index (χ1) is 14.6. The summed E-state index contributed by atoms with van der Waals surface area (Å²) in [6.45, 7) is 0.140. The summed E-state index contributed by atoms with van der Waals surface area (Å²) in [5, 5.41) is 5.10. The zero-order valence-electron chi connectivity index (χ0n) is 16.1. The van der Waals surface area contributed by atoms with Gasteiger partial charge in [-0.05, 0) is 54.4 Å². The van der Waals surface area contributed by atoms with E-state index in [1.165, 1.54) is 0 Å².